The SMILES string of the molecule is CCC1CN(S(=O)(=O)c2cc(N)cc(F)c2F)CCO1. The number of benzene rings is 1. The summed E-state index contributed by atoms with van der Waals surface area (Å²) in [6, 6.07) is 1.69. The van der Waals surface area contributed by atoms with E-state index < -0.39 is 26.6 Å². The van der Waals surface area contributed by atoms with Crippen molar-refractivity contribution < 1.29 is 21.9 Å². The fraction of sp³-hybridized carbons (Fsp3) is 0.500. The minimum Gasteiger partial charge on any atom is -0.399 e. The lowest BCUT2D eigenvalue weighted by Crippen LogP contribution is -2.45. The maximum Gasteiger partial charge on any atom is 0.246 e. The van der Waals surface area contributed by atoms with Crippen molar-refractivity contribution in [2.45, 2.75) is 24.3 Å². The molecule has 112 valence electrons. The average Bonchev–Trinajstić information content (AvgIpc) is 2.42. The number of hydrogen-bond donors (Lipinski definition) is 1. The van der Waals surface area contributed by atoms with Crippen molar-refractivity contribution in [3.8, 4) is 0 Å². The predicted molar refractivity (Wildman–Crippen MR) is 69.6 cm³/mol. The van der Waals surface area contributed by atoms with Crippen LogP contribution in [-0.4, -0.2) is 38.5 Å². The second-order valence-electron chi connectivity index (χ2n) is 4.58. The molecule has 0 aliphatic carbocycles. The fourth-order valence-corrected chi connectivity index (χ4v) is 3.63. The Kier molecular flexibility index (Phi) is 4.26. The van der Waals surface area contributed by atoms with E-state index in [4.69, 9.17) is 10.5 Å². The molecule has 1 heterocycles. The van der Waals surface area contributed by atoms with E-state index in [0.29, 0.717) is 6.42 Å². The van der Waals surface area contributed by atoms with Crippen molar-refractivity contribution in [1.82, 2.24) is 4.31 Å². The van der Waals surface area contributed by atoms with Gasteiger partial charge in [0.25, 0.3) is 0 Å². The van der Waals surface area contributed by atoms with Crippen LogP contribution in [0.5, 0.6) is 0 Å². The lowest BCUT2D eigenvalue weighted by atomic mass is 10.2. The van der Waals surface area contributed by atoms with Gasteiger partial charge in [-0.25, -0.2) is 17.2 Å². The van der Waals surface area contributed by atoms with Crippen LogP contribution in [0.1, 0.15) is 13.3 Å². The Morgan fingerprint density at radius 2 is 2.15 bits per heavy atom. The normalized spacial score (nSPS) is 21.1. The molecule has 0 amide bonds. The summed E-state index contributed by atoms with van der Waals surface area (Å²) < 4.78 is 58.3. The van der Waals surface area contributed by atoms with Gasteiger partial charge in [-0.2, -0.15) is 4.31 Å². The first-order valence-corrected chi connectivity index (χ1v) is 7.66. The van der Waals surface area contributed by atoms with Gasteiger partial charge in [-0.05, 0) is 18.6 Å². The number of rotatable bonds is 3. The molecule has 1 atom stereocenters. The summed E-state index contributed by atoms with van der Waals surface area (Å²) in [5.41, 5.74) is 5.26. The van der Waals surface area contributed by atoms with Crippen LogP contribution < -0.4 is 5.73 Å². The second-order valence-corrected chi connectivity index (χ2v) is 6.49. The molecule has 2 rings (SSSR count). The standard InChI is InChI=1S/C12H16F2N2O3S/c1-2-9-7-16(3-4-19-9)20(17,18)11-6-8(15)5-10(13)12(11)14/h5-6,9H,2-4,7,15H2,1H3. The number of anilines is 1. The average molecular weight is 306 g/mol. The van der Waals surface area contributed by atoms with Gasteiger partial charge < -0.3 is 10.5 Å². The summed E-state index contributed by atoms with van der Waals surface area (Å²) in [4.78, 5) is -0.730. The van der Waals surface area contributed by atoms with Crippen LogP contribution in [-0.2, 0) is 14.8 Å². The summed E-state index contributed by atoms with van der Waals surface area (Å²) in [6.45, 7) is 2.31. The molecule has 5 nitrogen and oxygen atoms in total. The summed E-state index contributed by atoms with van der Waals surface area (Å²) in [7, 11) is -4.12. The number of nitrogen functional groups attached to an aromatic ring is 1. The van der Waals surface area contributed by atoms with Gasteiger partial charge in [0, 0.05) is 18.8 Å². The second kappa shape index (κ2) is 5.63. The summed E-state index contributed by atoms with van der Waals surface area (Å²) in [6.07, 6.45) is 0.396. The highest BCUT2D eigenvalue weighted by Gasteiger charge is 2.33. The van der Waals surface area contributed by atoms with Crippen LogP contribution >= 0.6 is 0 Å². The Labute approximate surface area is 116 Å². The third kappa shape index (κ3) is 2.77. The smallest absolute Gasteiger partial charge is 0.246 e. The number of morpholine rings is 1. The van der Waals surface area contributed by atoms with Gasteiger partial charge in [-0.15, -0.1) is 0 Å². The molecule has 1 aliphatic heterocycles. The molecule has 1 aromatic carbocycles. The first-order chi connectivity index (χ1) is 9.36. The Hall–Kier alpha value is -1.25. The van der Waals surface area contributed by atoms with Crippen LogP contribution in [0.25, 0.3) is 0 Å². The minimum atomic E-state index is -4.12. The molecule has 1 saturated heterocycles. The van der Waals surface area contributed by atoms with Crippen LogP contribution in [0.3, 0.4) is 0 Å². The number of nitrogens with two attached hydrogens (primary N) is 1. The molecule has 0 saturated carbocycles. The molecule has 8 heteroatoms. The zero-order valence-electron chi connectivity index (χ0n) is 11.0. The van der Waals surface area contributed by atoms with Crippen molar-refractivity contribution in [3.05, 3.63) is 23.8 Å². The Morgan fingerprint density at radius 1 is 1.45 bits per heavy atom. The molecule has 1 unspecified atom stereocenters. The minimum absolute atomic E-state index is 0.106. The molecular weight excluding hydrogens is 290 g/mol. The molecule has 2 N–H and O–H groups in total. The number of sulfonamides is 1. The lowest BCUT2D eigenvalue weighted by Gasteiger charge is -2.31. The van der Waals surface area contributed by atoms with Crippen LogP contribution in [0.4, 0.5) is 14.5 Å². The van der Waals surface area contributed by atoms with E-state index in [9.17, 15) is 17.2 Å². The summed E-state index contributed by atoms with van der Waals surface area (Å²) >= 11 is 0. The highest BCUT2D eigenvalue weighted by Crippen LogP contribution is 2.25. The topological polar surface area (TPSA) is 72.6 Å². The van der Waals surface area contributed by atoms with Crippen molar-refractivity contribution >= 4 is 15.7 Å². The van der Waals surface area contributed by atoms with Gasteiger partial charge in [0.05, 0.1) is 12.7 Å². The van der Waals surface area contributed by atoms with Gasteiger partial charge >= 0.3 is 0 Å². The molecule has 0 radical (unpaired) electrons. The van der Waals surface area contributed by atoms with E-state index in [1.54, 1.807) is 0 Å². The zero-order valence-corrected chi connectivity index (χ0v) is 11.8. The Morgan fingerprint density at radius 3 is 2.80 bits per heavy atom. The van der Waals surface area contributed by atoms with E-state index in [1.165, 1.54) is 0 Å². The third-order valence-corrected chi connectivity index (χ3v) is 5.06. The molecule has 1 aromatic rings. The predicted octanol–water partition coefficient (Wildman–Crippen LogP) is 1.35. The third-order valence-electron chi connectivity index (χ3n) is 3.19. The highest BCUT2D eigenvalue weighted by atomic mass is 32.2. The first kappa shape index (κ1) is 15.1. The van der Waals surface area contributed by atoms with E-state index in [-0.39, 0.29) is 31.5 Å². The Bertz CT molecular complexity index is 607. The molecule has 0 aromatic heterocycles. The number of hydrogen-bond acceptors (Lipinski definition) is 4. The van der Waals surface area contributed by atoms with Gasteiger partial charge in [0.1, 0.15) is 4.90 Å². The molecule has 1 fully saturated rings. The van der Waals surface area contributed by atoms with Crippen molar-refractivity contribution in [2.75, 3.05) is 25.4 Å². The quantitative estimate of drug-likeness (QED) is 0.856. The Balaban J connectivity index is 2.40. The van der Waals surface area contributed by atoms with Crippen LogP contribution in [0.15, 0.2) is 17.0 Å². The van der Waals surface area contributed by atoms with Crippen molar-refractivity contribution in [3.63, 3.8) is 0 Å². The van der Waals surface area contributed by atoms with E-state index in [1.807, 2.05) is 6.92 Å². The molecule has 20 heavy (non-hydrogen) atoms. The maximum atomic E-state index is 13.7. The first-order valence-electron chi connectivity index (χ1n) is 6.22. The van der Waals surface area contributed by atoms with Crippen molar-refractivity contribution in [1.29, 1.82) is 0 Å². The molecular formula is C12H16F2N2O3S. The van der Waals surface area contributed by atoms with Gasteiger partial charge in [-0.3, -0.25) is 0 Å². The van der Waals surface area contributed by atoms with Gasteiger partial charge in [-0.1, -0.05) is 6.92 Å². The molecule has 0 bridgehead atoms. The van der Waals surface area contributed by atoms with E-state index in [2.05, 4.69) is 0 Å². The highest BCUT2D eigenvalue weighted by molar-refractivity contribution is 7.89. The van der Waals surface area contributed by atoms with Gasteiger partial charge in [0.15, 0.2) is 11.6 Å². The number of ether oxygens (including phenoxy) is 1. The number of halogens is 2. The van der Waals surface area contributed by atoms with Crippen LogP contribution in [0, 0.1) is 11.6 Å². The molecule has 0 spiro atoms. The summed E-state index contributed by atoms with van der Waals surface area (Å²) in [5.74, 6) is -2.68. The fourth-order valence-electron chi connectivity index (χ4n) is 2.07. The number of nitrogens with zero attached hydrogens (tertiary/aromatic N) is 1. The van der Waals surface area contributed by atoms with Gasteiger partial charge in [0.2, 0.25) is 10.0 Å². The lowest BCUT2D eigenvalue weighted by molar-refractivity contribution is -0.00284. The maximum absolute atomic E-state index is 13.7. The van der Waals surface area contributed by atoms with E-state index in [0.717, 1.165) is 16.4 Å². The van der Waals surface area contributed by atoms with Crippen molar-refractivity contribution in [2.24, 2.45) is 0 Å². The zero-order chi connectivity index (χ0) is 14.9. The monoisotopic (exact) mass is 306 g/mol. The van der Waals surface area contributed by atoms with Crippen LogP contribution in [0.2, 0.25) is 0 Å². The largest absolute Gasteiger partial charge is 0.399 e. The summed E-state index contributed by atoms with van der Waals surface area (Å²) in [5, 5.41) is 0. The molecule has 1 aliphatic rings. The van der Waals surface area contributed by atoms with E-state index >= 15 is 0 Å².